The molecule has 1 aromatic carbocycles. The fraction of sp³-hybridized carbons (Fsp3) is 0.474. The van der Waals surface area contributed by atoms with E-state index in [1.165, 1.54) is 0 Å². The van der Waals surface area contributed by atoms with Crippen molar-refractivity contribution in [1.29, 1.82) is 0 Å². The molecule has 0 aliphatic carbocycles. The number of rotatable bonds is 5. The second-order valence-corrected chi connectivity index (χ2v) is 6.27. The molecule has 7 heteroatoms. The largest absolute Gasteiger partial charge is 0.459 e. The van der Waals surface area contributed by atoms with Gasteiger partial charge in [0.15, 0.2) is 5.96 Å². The van der Waals surface area contributed by atoms with Crippen molar-refractivity contribution in [1.82, 2.24) is 15.5 Å². The smallest absolute Gasteiger partial charge is 0.222 e. The molecule has 2 heterocycles. The van der Waals surface area contributed by atoms with Gasteiger partial charge >= 0.3 is 0 Å². The van der Waals surface area contributed by atoms with Gasteiger partial charge in [-0.1, -0.05) is 25.1 Å². The van der Waals surface area contributed by atoms with E-state index in [4.69, 9.17) is 4.42 Å². The lowest BCUT2D eigenvalue weighted by molar-refractivity contribution is -0.129. The van der Waals surface area contributed by atoms with Crippen LogP contribution in [0.25, 0.3) is 11.0 Å². The number of carbonyl (C=O) groups excluding carboxylic acids is 1. The van der Waals surface area contributed by atoms with Crippen LogP contribution in [0.1, 0.15) is 32.4 Å². The van der Waals surface area contributed by atoms with Gasteiger partial charge in [0.2, 0.25) is 5.91 Å². The van der Waals surface area contributed by atoms with Crippen molar-refractivity contribution < 1.29 is 9.21 Å². The molecule has 0 radical (unpaired) electrons. The summed E-state index contributed by atoms with van der Waals surface area (Å²) >= 11 is 0. The summed E-state index contributed by atoms with van der Waals surface area (Å²) in [5.74, 6) is 1.82. The lowest BCUT2D eigenvalue weighted by atomic mass is 10.2. The van der Waals surface area contributed by atoms with Crippen molar-refractivity contribution in [3.8, 4) is 0 Å². The fourth-order valence-electron chi connectivity index (χ4n) is 3.11. The van der Waals surface area contributed by atoms with Crippen molar-refractivity contribution in [3.05, 3.63) is 36.1 Å². The van der Waals surface area contributed by atoms with Crippen molar-refractivity contribution in [2.75, 3.05) is 19.6 Å². The van der Waals surface area contributed by atoms with Crippen molar-refractivity contribution in [2.45, 2.75) is 39.3 Å². The van der Waals surface area contributed by atoms with Crippen LogP contribution < -0.4 is 10.6 Å². The highest BCUT2D eigenvalue weighted by atomic mass is 127. The third kappa shape index (κ3) is 5.12. The van der Waals surface area contributed by atoms with E-state index in [1.54, 1.807) is 0 Å². The van der Waals surface area contributed by atoms with E-state index in [-0.39, 0.29) is 35.9 Å². The number of benzene rings is 1. The summed E-state index contributed by atoms with van der Waals surface area (Å²) in [6.07, 6.45) is 1.51. The molecule has 0 saturated carbocycles. The van der Waals surface area contributed by atoms with Crippen LogP contribution in [0, 0.1) is 0 Å². The van der Waals surface area contributed by atoms with Crippen molar-refractivity contribution in [2.24, 2.45) is 4.99 Å². The van der Waals surface area contributed by atoms with E-state index in [0.29, 0.717) is 13.0 Å². The number of guanidine groups is 1. The summed E-state index contributed by atoms with van der Waals surface area (Å²) in [6, 6.07) is 10.2. The average molecular weight is 470 g/mol. The molecule has 1 aromatic heterocycles. The number of likely N-dealkylation sites (tertiary alicyclic amines) is 1. The van der Waals surface area contributed by atoms with Crippen LogP contribution in [0.5, 0.6) is 0 Å². The highest BCUT2D eigenvalue weighted by Crippen LogP contribution is 2.19. The van der Waals surface area contributed by atoms with Gasteiger partial charge in [-0.25, -0.2) is 4.99 Å². The van der Waals surface area contributed by atoms with E-state index < -0.39 is 0 Å². The maximum Gasteiger partial charge on any atom is 0.222 e. The van der Waals surface area contributed by atoms with Crippen LogP contribution in [-0.4, -0.2) is 42.4 Å². The zero-order valence-corrected chi connectivity index (χ0v) is 17.7. The van der Waals surface area contributed by atoms with Gasteiger partial charge in [0.05, 0.1) is 0 Å². The number of nitrogens with one attached hydrogen (secondary N) is 2. The molecule has 1 fully saturated rings. The Kier molecular flexibility index (Phi) is 7.74. The number of amides is 1. The minimum absolute atomic E-state index is 0. The first-order chi connectivity index (χ1) is 12.2. The minimum Gasteiger partial charge on any atom is -0.459 e. The number of halogens is 1. The monoisotopic (exact) mass is 470 g/mol. The Balaban J connectivity index is 0.00000243. The Hall–Kier alpha value is -1.77. The van der Waals surface area contributed by atoms with Crippen LogP contribution in [0.2, 0.25) is 0 Å². The Bertz CT molecular complexity index is 726. The minimum atomic E-state index is 0. The van der Waals surface area contributed by atoms with E-state index >= 15 is 0 Å². The number of nitrogens with zero attached hydrogens (tertiary/aromatic N) is 2. The van der Waals surface area contributed by atoms with E-state index in [0.717, 1.165) is 48.7 Å². The van der Waals surface area contributed by atoms with Crippen LogP contribution >= 0.6 is 24.0 Å². The number of hydrogen-bond donors (Lipinski definition) is 2. The Morgan fingerprint density at radius 1 is 1.35 bits per heavy atom. The summed E-state index contributed by atoms with van der Waals surface area (Å²) in [5, 5.41) is 7.79. The van der Waals surface area contributed by atoms with Gasteiger partial charge < -0.3 is 20.0 Å². The van der Waals surface area contributed by atoms with Gasteiger partial charge in [-0.3, -0.25) is 4.79 Å². The van der Waals surface area contributed by atoms with Gasteiger partial charge in [0.1, 0.15) is 17.9 Å². The van der Waals surface area contributed by atoms with Crippen molar-refractivity contribution >= 4 is 46.8 Å². The van der Waals surface area contributed by atoms with Gasteiger partial charge in [0.25, 0.3) is 0 Å². The van der Waals surface area contributed by atoms with Crippen molar-refractivity contribution in [3.63, 3.8) is 0 Å². The predicted octanol–water partition coefficient (Wildman–Crippen LogP) is 3.12. The molecular formula is C19H27IN4O2. The fourth-order valence-corrected chi connectivity index (χ4v) is 3.11. The molecule has 6 nitrogen and oxygen atoms in total. The molecule has 1 aliphatic heterocycles. The van der Waals surface area contributed by atoms with Gasteiger partial charge in [-0.2, -0.15) is 0 Å². The first kappa shape index (κ1) is 20.5. The normalized spacial score (nSPS) is 17.2. The summed E-state index contributed by atoms with van der Waals surface area (Å²) in [4.78, 5) is 18.4. The third-order valence-electron chi connectivity index (χ3n) is 4.40. The van der Waals surface area contributed by atoms with Gasteiger partial charge in [-0.05, 0) is 25.5 Å². The standard InChI is InChI=1S/C19H26N4O2.HI/c1-3-18(24)23-10-9-15(13-23)22-19(20-4-2)21-12-16-11-14-7-5-6-8-17(14)25-16;/h5-8,11,15H,3-4,9-10,12-13H2,1-2H3,(H2,20,21,22);1H. The molecule has 1 unspecified atom stereocenters. The molecule has 0 spiro atoms. The predicted molar refractivity (Wildman–Crippen MR) is 115 cm³/mol. The number of fused-ring (bicyclic) bond motifs is 1. The third-order valence-corrected chi connectivity index (χ3v) is 4.40. The molecule has 1 amide bonds. The average Bonchev–Trinajstić information content (AvgIpc) is 3.25. The van der Waals surface area contributed by atoms with Crippen LogP contribution in [0.3, 0.4) is 0 Å². The number of hydrogen-bond acceptors (Lipinski definition) is 3. The number of para-hydroxylation sites is 1. The molecule has 26 heavy (non-hydrogen) atoms. The summed E-state index contributed by atoms with van der Waals surface area (Å²) in [7, 11) is 0. The zero-order valence-electron chi connectivity index (χ0n) is 15.3. The SMILES string of the molecule is CCNC(=NCc1cc2ccccc2o1)NC1CCN(C(=O)CC)C1.I. The van der Waals surface area contributed by atoms with Gasteiger partial charge in [-0.15, -0.1) is 24.0 Å². The lowest BCUT2D eigenvalue weighted by Gasteiger charge is -2.18. The number of furan rings is 1. The summed E-state index contributed by atoms with van der Waals surface area (Å²) in [6.45, 7) is 6.77. The Labute approximate surface area is 171 Å². The maximum absolute atomic E-state index is 11.8. The highest BCUT2D eigenvalue weighted by molar-refractivity contribution is 14.0. The van der Waals surface area contributed by atoms with E-state index in [1.807, 2.05) is 49.1 Å². The maximum atomic E-state index is 11.8. The van der Waals surface area contributed by atoms with Crippen LogP contribution in [0.15, 0.2) is 39.7 Å². The first-order valence-corrected chi connectivity index (χ1v) is 8.99. The molecule has 0 bridgehead atoms. The number of aliphatic imine (C=N–C) groups is 1. The molecular weight excluding hydrogens is 443 g/mol. The van der Waals surface area contributed by atoms with Crippen LogP contribution in [-0.2, 0) is 11.3 Å². The van der Waals surface area contributed by atoms with Gasteiger partial charge in [0, 0.05) is 37.5 Å². The lowest BCUT2D eigenvalue weighted by Crippen LogP contribution is -2.45. The highest BCUT2D eigenvalue weighted by Gasteiger charge is 2.25. The first-order valence-electron chi connectivity index (χ1n) is 8.99. The second-order valence-electron chi connectivity index (χ2n) is 6.27. The second kappa shape index (κ2) is 9.80. The molecule has 1 atom stereocenters. The molecule has 2 N–H and O–H groups in total. The van der Waals surface area contributed by atoms with E-state index in [9.17, 15) is 4.79 Å². The summed E-state index contributed by atoms with van der Waals surface area (Å²) in [5.41, 5.74) is 0.884. The quantitative estimate of drug-likeness (QED) is 0.401. The molecule has 3 rings (SSSR count). The number of carbonyl (C=O) groups is 1. The molecule has 1 saturated heterocycles. The molecule has 1 aliphatic rings. The topological polar surface area (TPSA) is 69.9 Å². The Morgan fingerprint density at radius 2 is 2.15 bits per heavy atom. The summed E-state index contributed by atoms with van der Waals surface area (Å²) < 4.78 is 5.81. The van der Waals surface area contributed by atoms with E-state index in [2.05, 4.69) is 15.6 Å². The Morgan fingerprint density at radius 3 is 2.88 bits per heavy atom. The molecule has 2 aromatic rings. The zero-order chi connectivity index (χ0) is 17.6. The van der Waals surface area contributed by atoms with Crippen LogP contribution in [0.4, 0.5) is 0 Å². The molecule has 142 valence electrons.